The lowest BCUT2D eigenvalue weighted by Crippen LogP contribution is -2.57. The summed E-state index contributed by atoms with van der Waals surface area (Å²) >= 11 is 6.11. The molecule has 0 aromatic heterocycles. The van der Waals surface area contributed by atoms with Gasteiger partial charge in [-0.3, -0.25) is 9.59 Å². The third-order valence-corrected chi connectivity index (χ3v) is 5.96. The molecule has 0 heterocycles. The zero-order valence-corrected chi connectivity index (χ0v) is 10.5. The van der Waals surface area contributed by atoms with E-state index in [1.54, 1.807) is 0 Å². The molecular formula is C8H10Br2O4. The molecule has 0 spiro atoms. The Balaban J connectivity index is 3.12. The molecule has 0 bridgehead atoms. The van der Waals surface area contributed by atoms with Crippen LogP contribution in [0.15, 0.2) is 0 Å². The summed E-state index contributed by atoms with van der Waals surface area (Å²) in [5.74, 6) is -2.26. The third kappa shape index (κ3) is 1.58. The molecule has 6 heteroatoms. The van der Waals surface area contributed by atoms with Crippen LogP contribution < -0.4 is 0 Å². The van der Waals surface area contributed by atoms with E-state index in [9.17, 15) is 9.59 Å². The molecular weight excluding hydrogens is 320 g/mol. The van der Waals surface area contributed by atoms with Crippen LogP contribution in [0.3, 0.4) is 0 Å². The first kappa shape index (κ1) is 12.0. The number of halogens is 2. The average molecular weight is 330 g/mol. The van der Waals surface area contributed by atoms with Crippen LogP contribution in [-0.2, 0) is 9.59 Å². The molecule has 0 aliphatic heterocycles. The highest BCUT2D eigenvalue weighted by molar-refractivity contribution is 9.13. The molecule has 0 saturated heterocycles. The van der Waals surface area contributed by atoms with E-state index >= 15 is 0 Å². The van der Waals surface area contributed by atoms with E-state index in [4.69, 9.17) is 10.2 Å². The van der Waals surface area contributed by atoms with Crippen molar-refractivity contribution in [1.29, 1.82) is 0 Å². The number of hydrogen-bond donors (Lipinski definition) is 2. The van der Waals surface area contributed by atoms with Gasteiger partial charge >= 0.3 is 11.9 Å². The zero-order valence-electron chi connectivity index (χ0n) is 7.30. The minimum atomic E-state index is -1.40. The van der Waals surface area contributed by atoms with Gasteiger partial charge in [-0.05, 0) is 12.8 Å². The molecule has 1 fully saturated rings. The fourth-order valence-corrected chi connectivity index (χ4v) is 2.98. The van der Waals surface area contributed by atoms with Gasteiger partial charge in [-0.15, -0.1) is 0 Å². The lowest BCUT2D eigenvalue weighted by Gasteiger charge is -2.40. The van der Waals surface area contributed by atoms with Gasteiger partial charge < -0.3 is 10.2 Å². The second-order valence-electron chi connectivity index (χ2n) is 3.42. The maximum atomic E-state index is 11.1. The van der Waals surface area contributed by atoms with Gasteiger partial charge in [0, 0.05) is 0 Å². The topological polar surface area (TPSA) is 74.6 Å². The Morgan fingerprint density at radius 2 is 1.21 bits per heavy atom. The normalized spacial score (nSPS) is 37.9. The monoisotopic (exact) mass is 328 g/mol. The van der Waals surface area contributed by atoms with Crippen LogP contribution in [0.2, 0.25) is 0 Å². The molecule has 0 amide bonds. The van der Waals surface area contributed by atoms with Gasteiger partial charge in [0.25, 0.3) is 0 Å². The van der Waals surface area contributed by atoms with Crippen molar-refractivity contribution >= 4 is 43.8 Å². The summed E-state index contributed by atoms with van der Waals surface area (Å²) in [5.41, 5.74) is 0. The van der Waals surface area contributed by atoms with E-state index in [-0.39, 0.29) is 0 Å². The Morgan fingerprint density at radius 3 is 1.43 bits per heavy atom. The first-order valence-electron chi connectivity index (χ1n) is 4.19. The van der Waals surface area contributed by atoms with Crippen LogP contribution in [0, 0.1) is 0 Å². The lowest BCUT2D eigenvalue weighted by atomic mass is 9.79. The Bertz CT molecular complexity index is 253. The highest BCUT2D eigenvalue weighted by atomic mass is 79.9. The highest BCUT2D eigenvalue weighted by Crippen LogP contribution is 2.49. The van der Waals surface area contributed by atoms with Crippen molar-refractivity contribution in [1.82, 2.24) is 0 Å². The quantitative estimate of drug-likeness (QED) is 0.760. The van der Waals surface area contributed by atoms with Crippen LogP contribution in [-0.4, -0.2) is 30.8 Å². The van der Waals surface area contributed by atoms with Crippen LogP contribution in [0.5, 0.6) is 0 Å². The van der Waals surface area contributed by atoms with E-state index in [1.165, 1.54) is 0 Å². The second kappa shape index (κ2) is 3.81. The van der Waals surface area contributed by atoms with Gasteiger partial charge in [0.05, 0.1) is 0 Å². The van der Waals surface area contributed by atoms with E-state index in [1.807, 2.05) is 0 Å². The predicted octanol–water partition coefficient (Wildman–Crippen LogP) is 2.00. The molecule has 0 radical (unpaired) electrons. The fourth-order valence-electron chi connectivity index (χ4n) is 1.69. The molecule has 2 unspecified atom stereocenters. The summed E-state index contributed by atoms with van der Waals surface area (Å²) < 4.78 is -2.80. The Morgan fingerprint density at radius 1 is 0.929 bits per heavy atom. The zero-order chi connectivity index (χ0) is 11.0. The molecule has 0 aromatic carbocycles. The molecule has 80 valence electrons. The molecule has 14 heavy (non-hydrogen) atoms. The number of carbonyl (C=O) groups is 2. The van der Waals surface area contributed by atoms with Gasteiger partial charge in [0.2, 0.25) is 0 Å². The van der Waals surface area contributed by atoms with Crippen molar-refractivity contribution in [3.05, 3.63) is 0 Å². The number of carboxylic acids is 2. The van der Waals surface area contributed by atoms with Crippen molar-refractivity contribution in [2.24, 2.45) is 0 Å². The van der Waals surface area contributed by atoms with E-state index in [0.717, 1.165) is 12.8 Å². The van der Waals surface area contributed by atoms with Crippen LogP contribution in [0.4, 0.5) is 0 Å². The van der Waals surface area contributed by atoms with Gasteiger partial charge in [0.15, 0.2) is 0 Å². The first-order valence-corrected chi connectivity index (χ1v) is 5.78. The van der Waals surface area contributed by atoms with Crippen molar-refractivity contribution in [3.8, 4) is 0 Å². The van der Waals surface area contributed by atoms with Gasteiger partial charge in [0.1, 0.15) is 8.65 Å². The molecule has 0 aromatic rings. The number of rotatable bonds is 2. The van der Waals surface area contributed by atoms with E-state index < -0.39 is 20.6 Å². The highest BCUT2D eigenvalue weighted by Gasteiger charge is 2.60. The summed E-state index contributed by atoms with van der Waals surface area (Å²) in [7, 11) is 0. The van der Waals surface area contributed by atoms with E-state index in [0.29, 0.717) is 12.8 Å². The summed E-state index contributed by atoms with van der Waals surface area (Å²) in [5, 5.41) is 18.1. The number of carboxylic acid groups (broad SMARTS) is 2. The molecule has 1 rings (SSSR count). The van der Waals surface area contributed by atoms with Crippen LogP contribution in [0.1, 0.15) is 25.7 Å². The maximum absolute atomic E-state index is 11.1. The van der Waals surface area contributed by atoms with Crippen molar-refractivity contribution in [2.45, 2.75) is 34.3 Å². The summed E-state index contributed by atoms with van der Waals surface area (Å²) in [6, 6.07) is 0. The number of hydrogen-bond acceptors (Lipinski definition) is 2. The van der Waals surface area contributed by atoms with Gasteiger partial charge in [-0.1, -0.05) is 44.7 Å². The molecule has 2 N–H and O–H groups in total. The fraction of sp³-hybridized carbons (Fsp3) is 0.750. The van der Waals surface area contributed by atoms with Crippen molar-refractivity contribution in [3.63, 3.8) is 0 Å². The summed E-state index contributed by atoms with van der Waals surface area (Å²) in [4.78, 5) is 22.1. The van der Waals surface area contributed by atoms with Gasteiger partial charge in [-0.2, -0.15) is 0 Å². The SMILES string of the molecule is O=C(O)C1(Br)CCCCC1(Br)C(=O)O. The minimum Gasteiger partial charge on any atom is -0.480 e. The molecule has 1 aliphatic carbocycles. The molecule has 1 saturated carbocycles. The number of aliphatic carboxylic acids is 2. The maximum Gasteiger partial charge on any atom is 0.322 e. The largest absolute Gasteiger partial charge is 0.480 e. The molecule has 2 atom stereocenters. The standard InChI is InChI=1S/C8H10Br2O4/c9-7(5(11)12)3-1-2-4-8(7,10)6(13)14/h1-4H2,(H,11,12)(H,13,14). The Labute approximate surface area is 97.9 Å². The first-order chi connectivity index (χ1) is 6.34. The number of alkyl halides is 2. The van der Waals surface area contributed by atoms with Crippen LogP contribution >= 0.6 is 31.9 Å². The van der Waals surface area contributed by atoms with E-state index in [2.05, 4.69) is 31.9 Å². The second-order valence-corrected chi connectivity index (χ2v) is 6.13. The Kier molecular flexibility index (Phi) is 3.26. The van der Waals surface area contributed by atoms with Gasteiger partial charge in [-0.25, -0.2) is 0 Å². The third-order valence-electron chi connectivity index (χ3n) is 2.60. The lowest BCUT2D eigenvalue weighted by molar-refractivity contribution is -0.150. The predicted molar refractivity (Wildman–Crippen MR) is 57.1 cm³/mol. The molecule has 4 nitrogen and oxygen atoms in total. The smallest absolute Gasteiger partial charge is 0.322 e. The van der Waals surface area contributed by atoms with Crippen LogP contribution in [0.25, 0.3) is 0 Å². The Hall–Kier alpha value is -0.100. The molecule has 1 aliphatic rings. The minimum absolute atomic E-state index is 0.319. The summed E-state index contributed by atoms with van der Waals surface area (Å²) in [6.07, 6.45) is 2.08. The average Bonchev–Trinajstić information content (AvgIpc) is 2.09. The summed E-state index contributed by atoms with van der Waals surface area (Å²) in [6.45, 7) is 0. The van der Waals surface area contributed by atoms with Crippen molar-refractivity contribution in [2.75, 3.05) is 0 Å². The van der Waals surface area contributed by atoms with Crippen molar-refractivity contribution < 1.29 is 19.8 Å².